The molecule has 0 bridgehead atoms. The van der Waals surface area contributed by atoms with Crippen LogP contribution in [-0.2, 0) is 5.41 Å². The third-order valence-corrected chi connectivity index (χ3v) is 3.94. The van der Waals surface area contributed by atoms with Crippen LogP contribution in [0.4, 0.5) is 22.2 Å². The van der Waals surface area contributed by atoms with Crippen molar-refractivity contribution in [2.24, 2.45) is 0 Å². The van der Waals surface area contributed by atoms with Crippen molar-refractivity contribution in [3.63, 3.8) is 0 Å². The maximum atomic E-state index is 12.1. The van der Waals surface area contributed by atoms with Gasteiger partial charge >= 0.3 is 6.03 Å². The highest BCUT2D eigenvalue weighted by molar-refractivity contribution is 5.98. The summed E-state index contributed by atoms with van der Waals surface area (Å²) in [5.41, 5.74) is 8.32. The van der Waals surface area contributed by atoms with E-state index in [0.29, 0.717) is 23.2 Å². The maximum Gasteiger partial charge on any atom is 0.326 e. The van der Waals surface area contributed by atoms with E-state index in [0.717, 1.165) is 16.7 Å². The van der Waals surface area contributed by atoms with Crippen LogP contribution < -0.4 is 16.4 Å². The molecule has 0 aliphatic carbocycles. The van der Waals surface area contributed by atoms with Crippen LogP contribution in [0.5, 0.6) is 0 Å². The Hall–Kier alpha value is -3.42. The number of aryl methyl sites for hydroxylation is 1. The zero-order chi connectivity index (χ0) is 19.6. The summed E-state index contributed by atoms with van der Waals surface area (Å²) in [6, 6.07) is 6.63. The summed E-state index contributed by atoms with van der Waals surface area (Å²) in [5, 5.41) is 9.14. The Bertz CT molecular complexity index is 957. The number of nitrogens with two attached hydrogens (primary N) is 1. The lowest BCUT2D eigenvalue weighted by Crippen LogP contribution is -2.20. The molecule has 8 heteroatoms. The van der Waals surface area contributed by atoms with E-state index in [1.165, 1.54) is 0 Å². The van der Waals surface area contributed by atoms with Gasteiger partial charge in [0.15, 0.2) is 5.82 Å². The number of nitrogens with zero attached hydrogens (tertiary/aromatic N) is 3. The first-order chi connectivity index (χ1) is 12.7. The van der Waals surface area contributed by atoms with Gasteiger partial charge in [-0.15, -0.1) is 0 Å². The van der Waals surface area contributed by atoms with Gasteiger partial charge in [0.2, 0.25) is 0 Å². The molecule has 0 spiro atoms. The van der Waals surface area contributed by atoms with E-state index in [-0.39, 0.29) is 5.41 Å². The van der Waals surface area contributed by atoms with Gasteiger partial charge in [0.1, 0.15) is 17.4 Å². The summed E-state index contributed by atoms with van der Waals surface area (Å²) in [5.74, 6) is 1.92. The highest BCUT2D eigenvalue weighted by Gasteiger charge is 2.20. The fourth-order valence-corrected chi connectivity index (χ4v) is 2.46. The van der Waals surface area contributed by atoms with E-state index < -0.39 is 6.03 Å². The van der Waals surface area contributed by atoms with Crippen molar-refractivity contribution in [1.82, 2.24) is 15.1 Å². The van der Waals surface area contributed by atoms with Crippen LogP contribution in [0.2, 0.25) is 0 Å². The molecule has 0 unspecified atom stereocenters. The van der Waals surface area contributed by atoms with Crippen LogP contribution in [-0.4, -0.2) is 21.2 Å². The largest absolute Gasteiger partial charge is 0.384 e. The molecule has 0 aliphatic rings. The van der Waals surface area contributed by atoms with Crippen LogP contribution >= 0.6 is 0 Å². The van der Waals surface area contributed by atoms with Gasteiger partial charge in [0, 0.05) is 35.0 Å². The Morgan fingerprint density at radius 3 is 2.41 bits per heavy atom. The maximum absolute atomic E-state index is 12.1. The zero-order valence-electron chi connectivity index (χ0n) is 15.7. The molecule has 2 amide bonds. The molecule has 8 nitrogen and oxygen atoms in total. The quantitative estimate of drug-likeness (QED) is 0.645. The second-order valence-corrected chi connectivity index (χ2v) is 7.26. The smallest absolute Gasteiger partial charge is 0.326 e. The van der Waals surface area contributed by atoms with Crippen molar-refractivity contribution < 1.29 is 9.32 Å². The molecule has 0 radical (unpaired) electrons. The van der Waals surface area contributed by atoms with Crippen molar-refractivity contribution in [2.45, 2.75) is 33.1 Å². The number of urea groups is 1. The second-order valence-electron chi connectivity index (χ2n) is 7.26. The van der Waals surface area contributed by atoms with Crippen molar-refractivity contribution in [2.75, 3.05) is 16.4 Å². The van der Waals surface area contributed by atoms with Crippen LogP contribution in [0.1, 0.15) is 32.1 Å². The number of hydrogen-bond donors (Lipinski definition) is 3. The molecule has 4 N–H and O–H groups in total. The topological polar surface area (TPSA) is 119 Å². The van der Waals surface area contributed by atoms with Crippen LogP contribution in [0.3, 0.4) is 0 Å². The van der Waals surface area contributed by atoms with E-state index in [9.17, 15) is 4.79 Å². The molecule has 0 aromatic carbocycles. The number of nitrogen functional groups attached to an aromatic ring is 1. The lowest BCUT2D eigenvalue weighted by atomic mass is 9.93. The Morgan fingerprint density at radius 1 is 1.07 bits per heavy atom. The van der Waals surface area contributed by atoms with Crippen LogP contribution in [0.25, 0.3) is 11.1 Å². The number of carbonyl (C=O) groups is 1. The van der Waals surface area contributed by atoms with Crippen molar-refractivity contribution in [3.8, 4) is 11.1 Å². The Kier molecular flexibility index (Phi) is 4.81. The normalized spacial score (nSPS) is 11.3. The zero-order valence-corrected chi connectivity index (χ0v) is 15.7. The molecule has 0 fully saturated rings. The molecule has 3 rings (SSSR count). The fraction of sp³-hybridized carbons (Fsp3) is 0.263. The van der Waals surface area contributed by atoms with E-state index in [4.69, 9.17) is 10.3 Å². The Balaban J connectivity index is 1.66. The first kappa shape index (κ1) is 18.4. The van der Waals surface area contributed by atoms with E-state index in [1.54, 1.807) is 30.6 Å². The molecular formula is C19H22N6O2. The number of amides is 2. The standard InChI is InChI=1S/C19H22N6O2/c1-11-7-15(20)21-10-13(11)12-5-6-16(22-9-12)23-18(26)24-17-8-14(27-25-17)19(2,3)4/h5-10H,1-4H3,(H2,20,21)(H2,22,23,24,25,26). The van der Waals surface area contributed by atoms with Gasteiger partial charge < -0.3 is 10.3 Å². The number of anilines is 3. The fourth-order valence-electron chi connectivity index (χ4n) is 2.46. The number of rotatable bonds is 3. The summed E-state index contributed by atoms with van der Waals surface area (Å²) in [7, 11) is 0. The minimum atomic E-state index is -0.450. The molecule has 27 heavy (non-hydrogen) atoms. The number of pyridine rings is 2. The highest BCUT2D eigenvalue weighted by Crippen LogP contribution is 2.25. The predicted molar refractivity (Wildman–Crippen MR) is 104 cm³/mol. The minimum absolute atomic E-state index is 0.185. The van der Waals surface area contributed by atoms with Crippen LogP contribution in [0, 0.1) is 6.92 Å². The highest BCUT2D eigenvalue weighted by atomic mass is 16.5. The van der Waals surface area contributed by atoms with Crippen molar-refractivity contribution in [3.05, 3.63) is 48.0 Å². The Morgan fingerprint density at radius 2 is 1.81 bits per heavy atom. The SMILES string of the molecule is Cc1cc(N)ncc1-c1ccc(NC(=O)Nc2cc(C(C)(C)C)on2)nc1. The lowest BCUT2D eigenvalue weighted by molar-refractivity contribution is 0.261. The molecule has 3 aromatic heterocycles. The van der Waals surface area contributed by atoms with E-state index >= 15 is 0 Å². The molecule has 0 atom stereocenters. The second kappa shape index (κ2) is 7.06. The molecule has 3 aromatic rings. The third-order valence-electron chi connectivity index (χ3n) is 3.94. The van der Waals surface area contributed by atoms with Gasteiger partial charge in [-0.2, -0.15) is 0 Å². The summed E-state index contributed by atoms with van der Waals surface area (Å²) in [6.07, 6.45) is 3.38. The molecular weight excluding hydrogens is 344 g/mol. The molecule has 3 heterocycles. The first-order valence-electron chi connectivity index (χ1n) is 8.46. The minimum Gasteiger partial charge on any atom is -0.384 e. The van der Waals surface area contributed by atoms with Crippen molar-refractivity contribution in [1.29, 1.82) is 0 Å². The average molecular weight is 366 g/mol. The number of nitrogens with one attached hydrogen (secondary N) is 2. The van der Waals surface area contributed by atoms with E-state index in [1.807, 2.05) is 33.8 Å². The number of carbonyl (C=O) groups excluding carboxylic acids is 1. The number of aromatic nitrogens is 3. The van der Waals surface area contributed by atoms with Crippen LogP contribution in [0.15, 0.2) is 41.2 Å². The van der Waals surface area contributed by atoms with Gasteiger partial charge in [-0.1, -0.05) is 25.9 Å². The van der Waals surface area contributed by atoms with Gasteiger partial charge in [-0.25, -0.2) is 14.8 Å². The summed E-state index contributed by atoms with van der Waals surface area (Å²) >= 11 is 0. The van der Waals surface area contributed by atoms with Gasteiger partial charge in [-0.3, -0.25) is 10.6 Å². The summed E-state index contributed by atoms with van der Waals surface area (Å²) in [6.45, 7) is 7.96. The molecule has 0 aliphatic heterocycles. The predicted octanol–water partition coefficient (Wildman–Crippen LogP) is 3.96. The summed E-state index contributed by atoms with van der Waals surface area (Å²) in [4.78, 5) is 20.5. The molecule has 0 saturated carbocycles. The first-order valence-corrected chi connectivity index (χ1v) is 8.46. The Labute approximate surface area is 157 Å². The monoisotopic (exact) mass is 366 g/mol. The van der Waals surface area contributed by atoms with Gasteiger partial charge in [0.05, 0.1) is 0 Å². The van der Waals surface area contributed by atoms with Gasteiger partial charge in [-0.05, 0) is 30.7 Å². The van der Waals surface area contributed by atoms with Gasteiger partial charge in [0.25, 0.3) is 0 Å². The van der Waals surface area contributed by atoms with E-state index in [2.05, 4.69) is 25.8 Å². The summed E-state index contributed by atoms with van der Waals surface area (Å²) < 4.78 is 5.24. The third kappa shape index (κ3) is 4.41. The lowest BCUT2D eigenvalue weighted by Gasteiger charge is -2.12. The molecule has 140 valence electrons. The molecule has 0 saturated heterocycles. The average Bonchev–Trinajstić information content (AvgIpc) is 3.04. The van der Waals surface area contributed by atoms with Crippen molar-refractivity contribution >= 4 is 23.5 Å². The number of hydrogen-bond acceptors (Lipinski definition) is 6.